The van der Waals surface area contributed by atoms with E-state index in [0.29, 0.717) is 25.2 Å². The summed E-state index contributed by atoms with van der Waals surface area (Å²) in [7, 11) is 0. The van der Waals surface area contributed by atoms with Gasteiger partial charge in [0.1, 0.15) is 6.54 Å². The monoisotopic (exact) mass is 496 g/mol. The third-order valence-corrected chi connectivity index (χ3v) is 7.04. The van der Waals surface area contributed by atoms with Crippen molar-refractivity contribution in [2.45, 2.75) is 33.4 Å². The van der Waals surface area contributed by atoms with Crippen LogP contribution in [0.4, 0.5) is 0 Å². The van der Waals surface area contributed by atoms with E-state index in [4.69, 9.17) is 0 Å². The molecule has 0 aliphatic rings. The third-order valence-electron chi connectivity index (χ3n) is 6.06. The predicted molar refractivity (Wildman–Crippen MR) is 148 cm³/mol. The molecule has 184 valence electrons. The van der Waals surface area contributed by atoms with Crippen LogP contribution in [0, 0.1) is 6.92 Å². The first-order valence-electron chi connectivity index (χ1n) is 12.3. The summed E-state index contributed by atoms with van der Waals surface area (Å²) in [6.07, 6.45) is 0.782. The first-order chi connectivity index (χ1) is 17.5. The number of thiophene rings is 1. The summed E-state index contributed by atoms with van der Waals surface area (Å²) < 4.78 is 0. The van der Waals surface area contributed by atoms with E-state index < -0.39 is 0 Å². The van der Waals surface area contributed by atoms with Gasteiger partial charge in [-0.1, -0.05) is 79.7 Å². The van der Waals surface area contributed by atoms with Crippen LogP contribution in [-0.2, 0) is 17.9 Å². The number of benzene rings is 3. The molecular formula is C31H32N2O2S. The minimum Gasteiger partial charge on any atom is -0.332 e. The molecule has 0 spiro atoms. The fourth-order valence-electron chi connectivity index (χ4n) is 4.20. The second-order valence-corrected chi connectivity index (χ2v) is 10.3. The summed E-state index contributed by atoms with van der Waals surface area (Å²) in [6.45, 7) is 5.73. The van der Waals surface area contributed by atoms with Crippen LogP contribution in [0.25, 0.3) is 11.1 Å². The normalized spacial score (nSPS) is 10.7. The van der Waals surface area contributed by atoms with Crippen molar-refractivity contribution in [1.82, 2.24) is 9.80 Å². The van der Waals surface area contributed by atoms with Crippen molar-refractivity contribution in [3.63, 3.8) is 0 Å². The molecule has 0 bridgehead atoms. The second kappa shape index (κ2) is 12.3. The van der Waals surface area contributed by atoms with Gasteiger partial charge in [0, 0.05) is 28.4 Å². The zero-order valence-corrected chi connectivity index (χ0v) is 21.7. The van der Waals surface area contributed by atoms with Gasteiger partial charge in [0.25, 0.3) is 5.91 Å². The second-order valence-electron chi connectivity index (χ2n) is 8.92. The highest BCUT2D eigenvalue weighted by Gasteiger charge is 2.23. The molecule has 0 atom stereocenters. The Morgan fingerprint density at radius 1 is 0.722 bits per heavy atom. The number of hydrogen-bond acceptors (Lipinski definition) is 3. The topological polar surface area (TPSA) is 40.6 Å². The Morgan fingerprint density at radius 3 is 1.97 bits per heavy atom. The van der Waals surface area contributed by atoms with Gasteiger partial charge >= 0.3 is 0 Å². The number of amides is 2. The average molecular weight is 497 g/mol. The molecule has 0 fully saturated rings. The fourth-order valence-corrected chi connectivity index (χ4v) is 5.10. The first-order valence-corrected chi connectivity index (χ1v) is 13.2. The van der Waals surface area contributed by atoms with Crippen LogP contribution in [-0.4, -0.2) is 34.7 Å². The molecule has 0 aliphatic heterocycles. The van der Waals surface area contributed by atoms with Gasteiger partial charge in [0.15, 0.2) is 0 Å². The highest BCUT2D eigenvalue weighted by atomic mass is 32.1. The van der Waals surface area contributed by atoms with Crippen molar-refractivity contribution in [2.24, 2.45) is 0 Å². The summed E-state index contributed by atoms with van der Waals surface area (Å²) >= 11 is 1.70. The number of nitrogens with zero attached hydrogens (tertiary/aromatic N) is 2. The summed E-state index contributed by atoms with van der Waals surface area (Å²) in [4.78, 5) is 32.9. The van der Waals surface area contributed by atoms with Crippen LogP contribution >= 0.6 is 11.3 Å². The number of rotatable bonds is 10. The van der Waals surface area contributed by atoms with Crippen molar-refractivity contribution in [2.75, 3.05) is 13.1 Å². The fraction of sp³-hybridized carbons (Fsp3) is 0.226. The quantitative estimate of drug-likeness (QED) is 0.242. The maximum atomic E-state index is 13.6. The Hall–Kier alpha value is -3.70. The number of hydrogen-bond donors (Lipinski definition) is 0. The molecule has 0 unspecified atom stereocenters. The zero-order chi connectivity index (χ0) is 25.3. The summed E-state index contributed by atoms with van der Waals surface area (Å²) in [6, 6.07) is 31.9. The van der Waals surface area contributed by atoms with Crippen LogP contribution in [0.15, 0.2) is 97.1 Å². The van der Waals surface area contributed by atoms with Crippen molar-refractivity contribution in [1.29, 1.82) is 0 Å². The lowest BCUT2D eigenvalue weighted by molar-refractivity contribution is -0.133. The molecule has 0 radical (unpaired) electrons. The molecule has 3 aromatic carbocycles. The van der Waals surface area contributed by atoms with E-state index in [1.165, 1.54) is 4.88 Å². The smallest absolute Gasteiger partial charge is 0.254 e. The number of carbonyl (C=O) groups excluding carboxylic acids is 2. The number of carbonyl (C=O) groups is 2. The maximum Gasteiger partial charge on any atom is 0.254 e. The zero-order valence-electron chi connectivity index (χ0n) is 20.9. The van der Waals surface area contributed by atoms with Gasteiger partial charge < -0.3 is 9.80 Å². The van der Waals surface area contributed by atoms with Gasteiger partial charge in [-0.15, -0.1) is 11.3 Å². The van der Waals surface area contributed by atoms with Gasteiger partial charge in [0.2, 0.25) is 5.91 Å². The van der Waals surface area contributed by atoms with Crippen LogP contribution in [0.2, 0.25) is 0 Å². The highest BCUT2D eigenvalue weighted by molar-refractivity contribution is 7.11. The molecule has 0 N–H and O–H groups in total. The molecular weight excluding hydrogens is 464 g/mol. The van der Waals surface area contributed by atoms with Crippen LogP contribution in [0.5, 0.6) is 0 Å². The molecule has 2 amide bonds. The van der Waals surface area contributed by atoms with E-state index in [2.05, 4.69) is 31.2 Å². The molecule has 1 heterocycles. The molecule has 36 heavy (non-hydrogen) atoms. The molecule has 0 aliphatic carbocycles. The third kappa shape index (κ3) is 6.70. The van der Waals surface area contributed by atoms with Gasteiger partial charge in [-0.3, -0.25) is 9.59 Å². The van der Waals surface area contributed by atoms with E-state index in [-0.39, 0.29) is 18.4 Å². The van der Waals surface area contributed by atoms with Crippen LogP contribution in [0.3, 0.4) is 0 Å². The lowest BCUT2D eigenvalue weighted by Crippen LogP contribution is -2.42. The van der Waals surface area contributed by atoms with E-state index in [0.717, 1.165) is 28.0 Å². The first kappa shape index (κ1) is 25.4. The van der Waals surface area contributed by atoms with Crippen LogP contribution < -0.4 is 0 Å². The SMILES string of the molecule is CCCN(CC(=O)N(Cc1ccccc1)Cc1ccc(C)s1)C(=O)c1ccc(-c2ccccc2)cc1. The van der Waals surface area contributed by atoms with Crippen molar-refractivity contribution in [3.05, 3.63) is 118 Å². The molecule has 4 nitrogen and oxygen atoms in total. The lowest BCUT2D eigenvalue weighted by atomic mass is 10.0. The van der Waals surface area contributed by atoms with Gasteiger partial charge in [-0.25, -0.2) is 0 Å². The Bertz CT molecular complexity index is 1270. The van der Waals surface area contributed by atoms with Gasteiger partial charge in [0.05, 0.1) is 6.54 Å². The van der Waals surface area contributed by atoms with E-state index in [9.17, 15) is 9.59 Å². The summed E-state index contributed by atoms with van der Waals surface area (Å²) in [5.41, 5.74) is 3.84. The lowest BCUT2D eigenvalue weighted by Gasteiger charge is -2.27. The molecule has 4 rings (SSSR count). The molecule has 1 aromatic heterocycles. The van der Waals surface area contributed by atoms with E-state index in [1.54, 1.807) is 16.2 Å². The Labute approximate surface area is 217 Å². The van der Waals surface area contributed by atoms with Crippen LogP contribution in [0.1, 0.15) is 39.0 Å². The Kier molecular flexibility index (Phi) is 8.69. The predicted octanol–water partition coefficient (Wildman–Crippen LogP) is 6.80. The summed E-state index contributed by atoms with van der Waals surface area (Å²) in [5, 5.41) is 0. The maximum absolute atomic E-state index is 13.6. The van der Waals surface area contributed by atoms with Gasteiger partial charge in [-0.2, -0.15) is 0 Å². The molecule has 5 heteroatoms. The average Bonchev–Trinajstić information content (AvgIpc) is 3.33. The number of aryl methyl sites for hydroxylation is 1. The van der Waals surface area contributed by atoms with Crippen molar-refractivity contribution >= 4 is 23.2 Å². The van der Waals surface area contributed by atoms with Gasteiger partial charge in [-0.05, 0) is 54.3 Å². The Morgan fingerprint density at radius 2 is 1.36 bits per heavy atom. The van der Waals surface area contributed by atoms with E-state index in [1.807, 2.05) is 84.6 Å². The highest BCUT2D eigenvalue weighted by Crippen LogP contribution is 2.21. The molecule has 0 saturated carbocycles. The molecule has 4 aromatic rings. The van der Waals surface area contributed by atoms with Crippen molar-refractivity contribution in [3.8, 4) is 11.1 Å². The van der Waals surface area contributed by atoms with E-state index >= 15 is 0 Å². The molecule has 0 saturated heterocycles. The standard InChI is InChI=1S/C31H32N2O2S/c1-3-20-32(31(35)28-17-15-27(16-18-28)26-12-8-5-9-13-26)23-30(34)33(21-25-10-6-4-7-11-25)22-29-19-14-24(2)36-29/h4-19H,3,20-23H2,1-2H3. The minimum atomic E-state index is -0.114. The van der Waals surface area contributed by atoms with Crippen molar-refractivity contribution < 1.29 is 9.59 Å². The Balaban J connectivity index is 1.50. The summed E-state index contributed by atoms with van der Waals surface area (Å²) in [5.74, 6) is -0.163. The minimum absolute atomic E-state index is 0.0485. The largest absolute Gasteiger partial charge is 0.332 e.